The molecule has 2 aromatic carbocycles. The number of rotatable bonds is 6. The summed E-state index contributed by atoms with van der Waals surface area (Å²) in [5.74, 6) is 1.22. The van der Waals surface area contributed by atoms with E-state index in [4.69, 9.17) is 21.6 Å². The van der Waals surface area contributed by atoms with E-state index in [1.807, 2.05) is 42.5 Å². The Balaban J connectivity index is 1.50. The first-order chi connectivity index (χ1) is 16.6. The van der Waals surface area contributed by atoms with E-state index in [2.05, 4.69) is 33.5 Å². The Labute approximate surface area is 203 Å². The van der Waals surface area contributed by atoms with Gasteiger partial charge in [0.25, 0.3) is 0 Å². The first-order valence-electron chi connectivity index (χ1n) is 11.6. The highest BCUT2D eigenvalue weighted by Gasteiger charge is 2.20. The number of piperidine rings is 1. The van der Waals surface area contributed by atoms with Crippen molar-refractivity contribution in [3.05, 3.63) is 59.4 Å². The molecule has 0 spiro atoms. The number of hydrogen-bond acceptors (Lipinski definition) is 6. The Hall–Kier alpha value is -3.47. The second kappa shape index (κ2) is 9.80. The van der Waals surface area contributed by atoms with Gasteiger partial charge < -0.3 is 10.2 Å². The molecule has 1 fully saturated rings. The number of fused-ring (bicyclic) bond motifs is 1. The smallest absolute Gasteiger partial charge is 0.183 e. The molecule has 2 N–H and O–H groups in total. The van der Waals surface area contributed by atoms with E-state index in [1.54, 1.807) is 6.20 Å². The Morgan fingerprint density at radius 3 is 2.65 bits per heavy atom. The molecule has 1 aliphatic heterocycles. The van der Waals surface area contributed by atoms with Crippen molar-refractivity contribution in [1.29, 1.82) is 5.26 Å². The lowest BCUT2D eigenvalue weighted by atomic mass is 9.94. The minimum absolute atomic E-state index is 0.279. The maximum atomic E-state index is 9.88. The molecule has 0 unspecified atom stereocenters. The monoisotopic (exact) mass is 471 g/mol. The molecule has 0 saturated carbocycles. The molecule has 3 heterocycles. The number of benzene rings is 2. The largest absolute Gasteiger partial charge is 0.368 e. The Morgan fingerprint density at radius 2 is 1.88 bits per heavy atom. The molecule has 1 saturated heterocycles. The van der Waals surface area contributed by atoms with Crippen molar-refractivity contribution < 1.29 is 0 Å². The molecule has 0 atom stereocenters. The van der Waals surface area contributed by atoms with E-state index in [0.717, 1.165) is 48.1 Å². The van der Waals surface area contributed by atoms with E-state index in [0.29, 0.717) is 28.1 Å². The van der Waals surface area contributed by atoms with Crippen LogP contribution in [-0.2, 0) is 0 Å². The van der Waals surface area contributed by atoms with Crippen LogP contribution in [0, 0.1) is 17.2 Å². The fourth-order valence-corrected chi connectivity index (χ4v) is 4.80. The van der Waals surface area contributed by atoms with Gasteiger partial charge in [0.15, 0.2) is 11.5 Å². The molecule has 7 nitrogen and oxygen atoms in total. The normalized spacial score (nSPS) is 14.9. The second-order valence-electron chi connectivity index (χ2n) is 8.85. The molecule has 0 bridgehead atoms. The molecule has 5 rings (SSSR count). The van der Waals surface area contributed by atoms with Crippen LogP contribution in [0.5, 0.6) is 0 Å². The number of nitrogens with one attached hydrogen (secondary N) is 2. The van der Waals surface area contributed by atoms with Crippen LogP contribution >= 0.6 is 11.6 Å². The first kappa shape index (κ1) is 22.3. The Morgan fingerprint density at radius 1 is 1.12 bits per heavy atom. The van der Waals surface area contributed by atoms with Gasteiger partial charge in [-0.15, -0.1) is 0 Å². The van der Waals surface area contributed by atoms with Gasteiger partial charge in [-0.1, -0.05) is 41.9 Å². The van der Waals surface area contributed by atoms with Gasteiger partial charge in [-0.2, -0.15) is 10.4 Å². The van der Waals surface area contributed by atoms with Crippen LogP contribution in [-0.4, -0.2) is 51.7 Å². The van der Waals surface area contributed by atoms with E-state index in [-0.39, 0.29) is 5.69 Å². The zero-order chi connectivity index (χ0) is 23.5. The maximum absolute atomic E-state index is 9.88. The maximum Gasteiger partial charge on any atom is 0.183 e. The summed E-state index contributed by atoms with van der Waals surface area (Å²) >= 11 is 6.51. The van der Waals surface area contributed by atoms with Gasteiger partial charge >= 0.3 is 0 Å². The predicted octanol–water partition coefficient (Wildman–Crippen LogP) is 5.36. The van der Waals surface area contributed by atoms with Gasteiger partial charge in [-0.05, 0) is 57.5 Å². The summed E-state index contributed by atoms with van der Waals surface area (Å²) in [6.45, 7) is 3.05. The summed E-state index contributed by atoms with van der Waals surface area (Å²) in [5, 5.41) is 21.7. The average Bonchev–Trinajstić information content (AvgIpc) is 3.35. The third-order valence-electron chi connectivity index (χ3n) is 6.51. The third-order valence-corrected chi connectivity index (χ3v) is 6.80. The molecule has 8 heteroatoms. The lowest BCUT2D eigenvalue weighted by Crippen LogP contribution is -2.30. The molecule has 172 valence electrons. The summed E-state index contributed by atoms with van der Waals surface area (Å²) in [4.78, 5) is 12.1. The highest BCUT2D eigenvalue weighted by Crippen LogP contribution is 2.35. The van der Waals surface area contributed by atoms with Crippen LogP contribution in [0.15, 0.2) is 48.7 Å². The SMILES string of the molecule is CN1CCC(CCNc2nc(-c3ccccc3)c(-c3cc(Cl)c4[nH]ncc4c3)nc2C#N)CC1. The van der Waals surface area contributed by atoms with Crippen LogP contribution in [0.3, 0.4) is 0 Å². The summed E-state index contributed by atoms with van der Waals surface area (Å²) < 4.78 is 0. The van der Waals surface area contributed by atoms with Crippen molar-refractivity contribution in [2.45, 2.75) is 19.3 Å². The number of H-pyrrole nitrogens is 1. The molecular weight excluding hydrogens is 446 g/mol. The van der Waals surface area contributed by atoms with Crippen molar-refractivity contribution in [1.82, 2.24) is 25.1 Å². The van der Waals surface area contributed by atoms with Gasteiger partial charge in [0.1, 0.15) is 6.07 Å². The van der Waals surface area contributed by atoms with Crippen LogP contribution < -0.4 is 5.32 Å². The zero-order valence-electron chi connectivity index (χ0n) is 19.1. The molecule has 1 aliphatic rings. The number of aromatic nitrogens is 4. The number of likely N-dealkylation sites (tertiary alicyclic amines) is 1. The molecule has 2 aromatic heterocycles. The van der Waals surface area contributed by atoms with E-state index >= 15 is 0 Å². The standard InChI is InChI=1S/C26H26ClN7/c1-34-11-8-17(9-12-34)7-10-29-26-22(15-28)31-25(24(32-26)18-5-3-2-4-6-18)19-13-20-16-30-33-23(20)21(27)14-19/h2-6,13-14,16-17H,7-12H2,1H3,(H,29,32)(H,30,33). The highest BCUT2D eigenvalue weighted by molar-refractivity contribution is 6.35. The summed E-state index contributed by atoms with van der Waals surface area (Å²) in [7, 11) is 2.17. The van der Waals surface area contributed by atoms with Crippen LogP contribution in [0.1, 0.15) is 25.0 Å². The minimum Gasteiger partial charge on any atom is -0.368 e. The lowest BCUT2D eigenvalue weighted by molar-refractivity contribution is 0.215. The zero-order valence-corrected chi connectivity index (χ0v) is 19.8. The number of nitriles is 1. The van der Waals surface area contributed by atoms with E-state index in [9.17, 15) is 5.26 Å². The predicted molar refractivity (Wildman–Crippen MR) is 136 cm³/mol. The van der Waals surface area contributed by atoms with Gasteiger partial charge in [0, 0.05) is 23.1 Å². The van der Waals surface area contributed by atoms with Crippen molar-refractivity contribution in [3.63, 3.8) is 0 Å². The van der Waals surface area contributed by atoms with Crippen LogP contribution in [0.4, 0.5) is 5.82 Å². The van der Waals surface area contributed by atoms with Crippen molar-refractivity contribution in [2.75, 3.05) is 32.0 Å². The van der Waals surface area contributed by atoms with Gasteiger partial charge in [-0.3, -0.25) is 5.10 Å². The van der Waals surface area contributed by atoms with Crippen LogP contribution in [0.2, 0.25) is 5.02 Å². The van der Waals surface area contributed by atoms with Gasteiger partial charge in [0.2, 0.25) is 0 Å². The minimum atomic E-state index is 0.279. The third kappa shape index (κ3) is 4.60. The van der Waals surface area contributed by atoms with Gasteiger partial charge in [-0.25, -0.2) is 9.97 Å². The molecule has 0 aliphatic carbocycles. The molecule has 0 amide bonds. The quantitative estimate of drug-likeness (QED) is 0.393. The topological polar surface area (TPSA) is 93.5 Å². The summed E-state index contributed by atoms with van der Waals surface area (Å²) in [5.41, 5.74) is 4.10. The molecule has 4 aromatic rings. The van der Waals surface area contributed by atoms with E-state index < -0.39 is 0 Å². The summed E-state index contributed by atoms with van der Waals surface area (Å²) in [6, 6.07) is 15.9. The number of halogens is 1. The van der Waals surface area contributed by atoms with Crippen molar-refractivity contribution in [2.24, 2.45) is 5.92 Å². The number of nitrogens with zero attached hydrogens (tertiary/aromatic N) is 5. The summed E-state index contributed by atoms with van der Waals surface area (Å²) in [6.07, 6.45) is 5.20. The number of hydrogen-bond donors (Lipinski definition) is 2. The van der Waals surface area contributed by atoms with Crippen LogP contribution in [0.25, 0.3) is 33.4 Å². The fourth-order valence-electron chi connectivity index (χ4n) is 4.53. The number of aromatic amines is 1. The molecular formula is C26H26ClN7. The average molecular weight is 472 g/mol. The number of anilines is 1. The fraction of sp³-hybridized carbons (Fsp3) is 0.308. The lowest BCUT2D eigenvalue weighted by Gasteiger charge is -2.29. The Bertz CT molecular complexity index is 1330. The van der Waals surface area contributed by atoms with Gasteiger partial charge in [0.05, 0.1) is 28.1 Å². The van der Waals surface area contributed by atoms with Crippen molar-refractivity contribution in [3.8, 4) is 28.6 Å². The molecule has 0 radical (unpaired) electrons. The Kier molecular flexibility index (Phi) is 6.43. The van der Waals surface area contributed by atoms with Crippen molar-refractivity contribution >= 4 is 28.3 Å². The molecule has 34 heavy (non-hydrogen) atoms. The van der Waals surface area contributed by atoms with E-state index in [1.165, 1.54) is 12.8 Å². The first-order valence-corrected chi connectivity index (χ1v) is 11.9. The highest BCUT2D eigenvalue weighted by atomic mass is 35.5. The second-order valence-corrected chi connectivity index (χ2v) is 9.26.